The lowest BCUT2D eigenvalue weighted by Crippen LogP contribution is -2.35. The number of benzene rings is 1. The molecule has 0 aromatic heterocycles. The van der Waals surface area contributed by atoms with Crippen molar-refractivity contribution in [3.8, 4) is 5.75 Å². The van der Waals surface area contributed by atoms with Gasteiger partial charge in [-0.3, -0.25) is 4.79 Å². The van der Waals surface area contributed by atoms with Gasteiger partial charge in [-0.1, -0.05) is 0 Å². The standard InChI is InChI=1S/C13H13NO6/c1-18-12(16)9-2-4-10(5-3-9)20-8-11(15)14-6-7-19-13(14)17/h2-5H,6-8H2,1H3. The first kappa shape index (κ1) is 13.9. The van der Waals surface area contributed by atoms with Crippen LogP contribution in [-0.2, 0) is 14.3 Å². The second-order valence-electron chi connectivity index (χ2n) is 3.96. The molecule has 1 fully saturated rings. The van der Waals surface area contributed by atoms with Gasteiger partial charge in [-0.25, -0.2) is 14.5 Å². The number of ether oxygens (including phenoxy) is 3. The zero-order valence-corrected chi connectivity index (χ0v) is 10.8. The average molecular weight is 279 g/mol. The third-order valence-electron chi connectivity index (χ3n) is 2.70. The molecule has 0 radical (unpaired) electrons. The summed E-state index contributed by atoms with van der Waals surface area (Å²) in [4.78, 5) is 35.0. The minimum atomic E-state index is -0.653. The van der Waals surface area contributed by atoms with Crippen molar-refractivity contribution in [3.63, 3.8) is 0 Å². The molecule has 1 aromatic rings. The zero-order valence-electron chi connectivity index (χ0n) is 10.8. The highest BCUT2D eigenvalue weighted by Crippen LogP contribution is 2.13. The van der Waals surface area contributed by atoms with E-state index in [2.05, 4.69) is 9.47 Å². The highest BCUT2D eigenvalue weighted by atomic mass is 16.6. The van der Waals surface area contributed by atoms with Crippen LogP contribution in [0.4, 0.5) is 4.79 Å². The molecule has 1 saturated heterocycles. The Kier molecular flexibility index (Phi) is 4.19. The highest BCUT2D eigenvalue weighted by Gasteiger charge is 2.28. The lowest BCUT2D eigenvalue weighted by Gasteiger charge is -2.11. The second-order valence-corrected chi connectivity index (χ2v) is 3.96. The Hall–Kier alpha value is -2.57. The fourth-order valence-electron chi connectivity index (χ4n) is 1.65. The molecule has 0 aliphatic carbocycles. The van der Waals surface area contributed by atoms with Crippen LogP contribution in [0.25, 0.3) is 0 Å². The number of amides is 2. The van der Waals surface area contributed by atoms with E-state index in [0.29, 0.717) is 11.3 Å². The third-order valence-corrected chi connectivity index (χ3v) is 2.70. The largest absolute Gasteiger partial charge is 0.484 e. The lowest BCUT2D eigenvalue weighted by atomic mass is 10.2. The van der Waals surface area contributed by atoms with Crippen molar-refractivity contribution >= 4 is 18.0 Å². The quantitative estimate of drug-likeness (QED) is 0.759. The maximum absolute atomic E-state index is 11.7. The van der Waals surface area contributed by atoms with Gasteiger partial charge in [0, 0.05) is 0 Å². The number of hydrogen-bond donors (Lipinski definition) is 0. The van der Waals surface area contributed by atoms with Crippen LogP contribution in [0.1, 0.15) is 10.4 Å². The van der Waals surface area contributed by atoms with Gasteiger partial charge in [-0.05, 0) is 24.3 Å². The van der Waals surface area contributed by atoms with Crippen LogP contribution in [0.15, 0.2) is 24.3 Å². The fourth-order valence-corrected chi connectivity index (χ4v) is 1.65. The van der Waals surface area contributed by atoms with Gasteiger partial charge in [-0.15, -0.1) is 0 Å². The van der Waals surface area contributed by atoms with Crippen molar-refractivity contribution in [1.29, 1.82) is 0 Å². The zero-order chi connectivity index (χ0) is 14.5. The smallest absolute Gasteiger partial charge is 0.416 e. The van der Waals surface area contributed by atoms with Gasteiger partial charge < -0.3 is 14.2 Å². The van der Waals surface area contributed by atoms with E-state index in [1.165, 1.54) is 19.2 Å². The summed E-state index contributed by atoms with van der Waals surface area (Å²) < 4.78 is 14.5. The van der Waals surface area contributed by atoms with E-state index < -0.39 is 18.0 Å². The van der Waals surface area contributed by atoms with Crippen LogP contribution in [0.5, 0.6) is 5.75 Å². The lowest BCUT2D eigenvalue weighted by molar-refractivity contribution is -0.129. The molecule has 2 rings (SSSR count). The summed E-state index contributed by atoms with van der Waals surface area (Å²) in [6.45, 7) is 0.174. The summed E-state index contributed by atoms with van der Waals surface area (Å²) in [6, 6.07) is 6.13. The maximum atomic E-state index is 11.7. The fraction of sp³-hybridized carbons (Fsp3) is 0.308. The molecule has 106 valence electrons. The van der Waals surface area contributed by atoms with Crippen LogP contribution >= 0.6 is 0 Å². The van der Waals surface area contributed by atoms with E-state index in [-0.39, 0.29) is 19.8 Å². The van der Waals surface area contributed by atoms with Crippen molar-refractivity contribution in [3.05, 3.63) is 29.8 Å². The summed E-state index contributed by atoms with van der Waals surface area (Å²) in [5.41, 5.74) is 0.384. The molecular weight excluding hydrogens is 266 g/mol. The number of imide groups is 1. The summed E-state index contributed by atoms with van der Waals surface area (Å²) in [6.07, 6.45) is -0.653. The van der Waals surface area contributed by atoms with Crippen molar-refractivity contribution in [1.82, 2.24) is 4.90 Å². The summed E-state index contributed by atoms with van der Waals surface area (Å²) in [5, 5.41) is 0. The number of rotatable bonds is 4. The van der Waals surface area contributed by atoms with E-state index >= 15 is 0 Å². The van der Waals surface area contributed by atoms with Gasteiger partial charge in [0.25, 0.3) is 5.91 Å². The monoisotopic (exact) mass is 279 g/mol. The third kappa shape index (κ3) is 3.05. The minimum absolute atomic E-state index is 0.207. The molecule has 0 unspecified atom stereocenters. The molecule has 7 nitrogen and oxygen atoms in total. The van der Waals surface area contributed by atoms with Gasteiger partial charge in [0.1, 0.15) is 12.4 Å². The molecule has 1 aromatic carbocycles. The number of methoxy groups -OCH3 is 1. The number of esters is 1. The van der Waals surface area contributed by atoms with E-state index in [4.69, 9.17) is 4.74 Å². The molecule has 1 heterocycles. The Morgan fingerprint density at radius 2 is 2.00 bits per heavy atom. The number of carbonyl (C=O) groups is 3. The Morgan fingerprint density at radius 3 is 2.55 bits per heavy atom. The van der Waals surface area contributed by atoms with Gasteiger partial charge >= 0.3 is 12.1 Å². The Morgan fingerprint density at radius 1 is 1.30 bits per heavy atom. The Labute approximate surface area is 115 Å². The van der Waals surface area contributed by atoms with Crippen LogP contribution in [0.2, 0.25) is 0 Å². The molecule has 2 amide bonds. The van der Waals surface area contributed by atoms with Gasteiger partial charge in [-0.2, -0.15) is 0 Å². The summed E-state index contributed by atoms with van der Waals surface area (Å²) >= 11 is 0. The van der Waals surface area contributed by atoms with E-state index in [1.807, 2.05) is 0 Å². The first-order valence-corrected chi connectivity index (χ1v) is 5.90. The second kappa shape index (κ2) is 6.05. The van der Waals surface area contributed by atoms with Crippen molar-refractivity contribution in [2.75, 3.05) is 26.9 Å². The molecule has 0 atom stereocenters. The SMILES string of the molecule is COC(=O)c1ccc(OCC(=O)N2CCOC2=O)cc1. The molecule has 20 heavy (non-hydrogen) atoms. The molecular formula is C13H13NO6. The number of carbonyl (C=O) groups excluding carboxylic acids is 3. The van der Waals surface area contributed by atoms with Crippen LogP contribution in [-0.4, -0.2) is 49.7 Å². The Bertz CT molecular complexity index is 524. The number of cyclic esters (lactones) is 1. The Balaban J connectivity index is 1.89. The van der Waals surface area contributed by atoms with Crippen molar-refractivity contribution < 1.29 is 28.6 Å². The van der Waals surface area contributed by atoms with E-state index in [1.54, 1.807) is 12.1 Å². The first-order chi connectivity index (χ1) is 9.61. The van der Waals surface area contributed by atoms with Gasteiger partial charge in [0.2, 0.25) is 0 Å². The predicted molar refractivity (Wildman–Crippen MR) is 66.3 cm³/mol. The molecule has 0 bridgehead atoms. The predicted octanol–water partition coefficient (Wildman–Crippen LogP) is 0.831. The number of nitrogens with zero attached hydrogens (tertiary/aromatic N) is 1. The minimum Gasteiger partial charge on any atom is -0.484 e. The average Bonchev–Trinajstić information content (AvgIpc) is 2.90. The van der Waals surface area contributed by atoms with E-state index in [9.17, 15) is 14.4 Å². The van der Waals surface area contributed by atoms with Crippen LogP contribution in [0.3, 0.4) is 0 Å². The molecule has 0 N–H and O–H groups in total. The van der Waals surface area contributed by atoms with Crippen LogP contribution < -0.4 is 4.74 Å². The normalized spacial score (nSPS) is 13.8. The molecule has 1 aliphatic rings. The molecule has 0 saturated carbocycles. The summed E-state index contributed by atoms with van der Waals surface area (Å²) in [7, 11) is 1.29. The summed E-state index contributed by atoms with van der Waals surface area (Å²) in [5.74, 6) is -0.504. The maximum Gasteiger partial charge on any atom is 0.416 e. The highest BCUT2D eigenvalue weighted by molar-refractivity contribution is 5.93. The van der Waals surface area contributed by atoms with Crippen molar-refractivity contribution in [2.24, 2.45) is 0 Å². The number of hydrogen-bond acceptors (Lipinski definition) is 6. The van der Waals surface area contributed by atoms with Crippen molar-refractivity contribution in [2.45, 2.75) is 0 Å². The van der Waals surface area contributed by atoms with E-state index in [0.717, 1.165) is 4.90 Å². The first-order valence-electron chi connectivity index (χ1n) is 5.90. The topological polar surface area (TPSA) is 82.1 Å². The van der Waals surface area contributed by atoms with Gasteiger partial charge in [0.05, 0.1) is 19.2 Å². The molecule has 1 aliphatic heterocycles. The van der Waals surface area contributed by atoms with Crippen LogP contribution in [0, 0.1) is 0 Å². The molecule has 7 heteroatoms. The van der Waals surface area contributed by atoms with Gasteiger partial charge in [0.15, 0.2) is 6.61 Å². The molecule has 0 spiro atoms.